The van der Waals surface area contributed by atoms with Crippen LogP contribution in [-0.2, 0) is 9.53 Å². The monoisotopic (exact) mass is 266 g/mol. The molecule has 0 saturated heterocycles. The minimum atomic E-state index is -0.720. The second kappa shape index (κ2) is 5.64. The van der Waals surface area contributed by atoms with Crippen molar-refractivity contribution in [2.45, 2.75) is 12.8 Å². The molecule has 94 valence electrons. The molecule has 2 aromatic rings. The van der Waals surface area contributed by atoms with Gasteiger partial charge in [-0.2, -0.15) is 4.98 Å². The second-order valence-electron chi connectivity index (χ2n) is 3.53. The van der Waals surface area contributed by atoms with Gasteiger partial charge in [-0.25, -0.2) is 0 Å². The highest BCUT2D eigenvalue weighted by atomic mass is 35.5. The number of hydrogen-bond donors (Lipinski definition) is 0. The Morgan fingerprint density at radius 1 is 1.56 bits per heavy atom. The van der Waals surface area contributed by atoms with Crippen LogP contribution in [0.2, 0.25) is 5.02 Å². The fourth-order valence-electron chi connectivity index (χ4n) is 1.61. The van der Waals surface area contributed by atoms with E-state index < -0.39 is 11.9 Å². The van der Waals surface area contributed by atoms with Gasteiger partial charge in [0.15, 0.2) is 5.82 Å². The maximum atomic E-state index is 12.0. The molecule has 0 spiro atoms. The highest BCUT2D eigenvalue weighted by Crippen LogP contribution is 2.25. The Morgan fingerprint density at radius 2 is 2.39 bits per heavy atom. The van der Waals surface area contributed by atoms with Crippen LogP contribution < -0.4 is 0 Å². The highest BCUT2D eigenvalue weighted by Gasteiger charge is 2.28. The van der Waals surface area contributed by atoms with E-state index in [2.05, 4.69) is 14.7 Å². The summed E-state index contributed by atoms with van der Waals surface area (Å²) in [5, 5.41) is 4.23. The van der Waals surface area contributed by atoms with Gasteiger partial charge in [0.25, 0.3) is 0 Å². The second-order valence-corrected chi connectivity index (χ2v) is 3.97. The number of hydrogen-bond acceptors (Lipinski definition) is 5. The summed E-state index contributed by atoms with van der Waals surface area (Å²) in [7, 11) is 0. The first-order valence-corrected chi connectivity index (χ1v) is 5.78. The lowest BCUT2D eigenvalue weighted by atomic mass is 9.98. The molecule has 1 heterocycles. The molecule has 0 aliphatic rings. The van der Waals surface area contributed by atoms with Crippen molar-refractivity contribution in [2.24, 2.45) is 0 Å². The highest BCUT2D eigenvalue weighted by molar-refractivity contribution is 6.30. The molecule has 0 N–H and O–H groups in total. The van der Waals surface area contributed by atoms with Gasteiger partial charge in [0.1, 0.15) is 5.92 Å². The van der Waals surface area contributed by atoms with E-state index in [-0.39, 0.29) is 12.4 Å². The maximum absolute atomic E-state index is 12.0. The molecule has 0 saturated carbocycles. The molecule has 6 heteroatoms. The Kier molecular flexibility index (Phi) is 3.94. The van der Waals surface area contributed by atoms with Gasteiger partial charge >= 0.3 is 5.97 Å². The zero-order valence-electron chi connectivity index (χ0n) is 9.67. The first kappa shape index (κ1) is 12.6. The van der Waals surface area contributed by atoms with Crippen LogP contribution in [0.15, 0.2) is 35.2 Å². The van der Waals surface area contributed by atoms with Crippen LogP contribution in [0, 0.1) is 0 Å². The molecule has 0 amide bonds. The third-order valence-corrected chi connectivity index (χ3v) is 2.58. The topological polar surface area (TPSA) is 65.2 Å². The zero-order chi connectivity index (χ0) is 13.0. The van der Waals surface area contributed by atoms with Crippen LogP contribution >= 0.6 is 11.6 Å². The predicted molar refractivity (Wildman–Crippen MR) is 64.2 cm³/mol. The minimum absolute atomic E-state index is 0.260. The number of halogens is 1. The number of nitrogens with zero attached hydrogens (tertiary/aromatic N) is 2. The van der Waals surface area contributed by atoms with Crippen molar-refractivity contribution >= 4 is 17.6 Å². The Labute approximate surface area is 109 Å². The first-order valence-electron chi connectivity index (χ1n) is 5.40. The number of carbonyl (C=O) groups excluding carboxylic acids is 1. The molecule has 5 nitrogen and oxygen atoms in total. The van der Waals surface area contributed by atoms with Crippen molar-refractivity contribution in [1.29, 1.82) is 0 Å². The average Bonchev–Trinajstić information content (AvgIpc) is 2.83. The number of aromatic nitrogens is 2. The van der Waals surface area contributed by atoms with E-state index in [1.165, 1.54) is 6.39 Å². The molecular weight excluding hydrogens is 256 g/mol. The molecule has 0 bridgehead atoms. The molecule has 2 rings (SSSR count). The van der Waals surface area contributed by atoms with Crippen molar-refractivity contribution in [1.82, 2.24) is 10.1 Å². The molecule has 0 radical (unpaired) electrons. The fraction of sp³-hybridized carbons (Fsp3) is 0.250. The summed E-state index contributed by atoms with van der Waals surface area (Å²) < 4.78 is 9.69. The van der Waals surface area contributed by atoms with Gasteiger partial charge < -0.3 is 9.26 Å². The molecule has 0 aliphatic carbocycles. The third-order valence-electron chi connectivity index (χ3n) is 2.34. The van der Waals surface area contributed by atoms with Crippen molar-refractivity contribution in [3.63, 3.8) is 0 Å². The number of ether oxygens (including phenoxy) is 1. The molecule has 1 aromatic heterocycles. The average molecular weight is 267 g/mol. The van der Waals surface area contributed by atoms with Gasteiger partial charge in [-0.3, -0.25) is 4.79 Å². The van der Waals surface area contributed by atoms with Crippen molar-refractivity contribution in [3.05, 3.63) is 47.1 Å². The van der Waals surface area contributed by atoms with E-state index in [4.69, 9.17) is 16.3 Å². The zero-order valence-corrected chi connectivity index (χ0v) is 10.4. The van der Waals surface area contributed by atoms with E-state index in [1.54, 1.807) is 31.2 Å². The van der Waals surface area contributed by atoms with Crippen molar-refractivity contribution < 1.29 is 14.1 Å². The SMILES string of the molecule is CCOC(=O)C(c1cccc(Cl)c1)c1ncon1. The lowest BCUT2D eigenvalue weighted by Crippen LogP contribution is -2.18. The summed E-state index contributed by atoms with van der Waals surface area (Å²) in [6.45, 7) is 2.02. The van der Waals surface area contributed by atoms with Gasteiger partial charge in [-0.15, -0.1) is 0 Å². The number of benzene rings is 1. The van der Waals surface area contributed by atoms with Crippen LogP contribution in [0.3, 0.4) is 0 Å². The first-order chi connectivity index (χ1) is 8.72. The van der Waals surface area contributed by atoms with Crippen LogP contribution in [0.4, 0.5) is 0 Å². The molecule has 1 atom stereocenters. The van der Waals surface area contributed by atoms with Crippen LogP contribution in [0.5, 0.6) is 0 Å². The minimum Gasteiger partial charge on any atom is -0.465 e. The number of esters is 1. The van der Waals surface area contributed by atoms with Gasteiger partial charge in [-0.05, 0) is 24.6 Å². The summed E-state index contributed by atoms with van der Waals surface area (Å²) in [5.41, 5.74) is 0.669. The Bertz CT molecular complexity index is 528. The molecule has 1 unspecified atom stereocenters. The summed E-state index contributed by atoms with van der Waals surface area (Å²) in [6.07, 6.45) is 1.17. The third kappa shape index (κ3) is 2.68. The molecule has 0 aliphatic heterocycles. The summed E-state index contributed by atoms with van der Waals surface area (Å²) in [6, 6.07) is 6.93. The van der Waals surface area contributed by atoms with E-state index >= 15 is 0 Å². The van der Waals surface area contributed by atoms with E-state index in [0.29, 0.717) is 10.6 Å². The number of carbonyl (C=O) groups is 1. The molecule has 1 aromatic carbocycles. The molecular formula is C12H11ClN2O3. The van der Waals surface area contributed by atoms with Gasteiger partial charge in [0.2, 0.25) is 6.39 Å². The van der Waals surface area contributed by atoms with Gasteiger partial charge in [0, 0.05) is 5.02 Å². The quantitative estimate of drug-likeness (QED) is 0.795. The van der Waals surface area contributed by atoms with E-state index in [9.17, 15) is 4.79 Å². The summed E-state index contributed by atoms with van der Waals surface area (Å²) in [5.74, 6) is -0.890. The van der Waals surface area contributed by atoms with Crippen molar-refractivity contribution in [3.8, 4) is 0 Å². The molecule has 18 heavy (non-hydrogen) atoms. The predicted octanol–water partition coefficient (Wildman–Crippen LogP) is 2.42. The van der Waals surface area contributed by atoms with Gasteiger partial charge in [0.05, 0.1) is 6.61 Å². The Morgan fingerprint density at radius 3 is 3.00 bits per heavy atom. The normalized spacial score (nSPS) is 12.1. The lowest BCUT2D eigenvalue weighted by molar-refractivity contribution is -0.144. The number of rotatable bonds is 4. The molecule has 0 fully saturated rings. The Balaban J connectivity index is 2.39. The maximum Gasteiger partial charge on any atom is 0.321 e. The summed E-state index contributed by atoms with van der Waals surface area (Å²) >= 11 is 5.92. The van der Waals surface area contributed by atoms with Crippen LogP contribution in [0.25, 0.3) is 0 Å². The van der Waals surface area contributed by atoms with Crippen LogP contribution in [0.1, 0.15) is 24.2 Å². The fourth-order valence-corrected chi connectivity index (χ4v) is 1.81. The largest absolute Gasteiger partial charge is 0.465 e. The van der Waals surface area contributed by atoms with E-state index in [0.717, 1.165) is 0 Å². The van der Waals surface area contributed by atoms with Crippen molar-refractivity contribution in [2.75, 3.05) is 6.61 Å². The van der Waals surface area contributed by atoms with E-state index in [1.807, 2.05) is 0 Å². The van der Waals surface area contributed by atoms with Gasteiger partial charge in [-0.1, -0.05) is 28.9 Å². The van der Waals surface area contributed by atoms with Crippen LogP contribution in [-0.4, -0.2) is 22.7 Å². The standard InChI is InChI=1S/C12H11ClN2O3/c1-2-17-12(16)10(11-14-7-18-15-11)8-4-3-5-9(13)6-8/h3-7,10H,2H2,1H3. The smallest absolute Gasteiger partial charge is 0.321 e. The Hall–Kier alpha value is -1.88. The lowest BCUT2D eigenvalue weighted by Gasteiger charge is -2.12. The summed E-state index contributed by atoms with van der Waals surface area (Å²) in [4.78, 5) is 15.9.